The molecule has 0 saturated carbocycles. The van der Waals surface area contributed by atoms with Gasteiger partial charge in [-0.25, -0.2) is 4.58 Å². The van der Waals surface area contributed by atoms with Crippen molar-refractivity contribution in [3.63, 3.8) is 0 Å². The molecule has 0 aromatic heterocycles. The van der Waals surface area contributed by atoms with E-state index < -0.39 is 15.0 Å². The van der Waals surface area contributed by atoms with Crippen LogP contribution in [0.2, 0.25) is 0 Å². The molecule has 0 aliphatic rings. The molecule has 0 aromatic rings. The Hall–Kier alpha value is 0.253. The summed E-state index contributed by atoms with van der Waals surface area (Å²) in [5.41, 5.74) is 0. The van der Waals surface area contributed by atoms with Crippen LogP contribution in [0.3, 0.4) is 0 Å². The van der Waals surface area contributed by atoms with E-state index in [1.807, 2.05) is 0 Å². The van der Waals surface area contributed by atoms with E-state index in [9.17, 15) is 14.7 Å². The van der Waals surface area contributed by atoms with Gasteiger partial charge in [0.15, 0.2) is 0 Å². The minimum absolute atomic E-state index is 0. The first-order chi connectivity index (χ1) is 12.3. The Balaban J connectivity index is -0.000000709. The van der Waals surface area contributed by atoms with E-state index >= 15 is 0 Å². The maximum Gasteiger partial charge on any atom is 2.00 e. The molecule has 158 valence electrons. The second kappa shape index (κ2) is 24.3. The van der Waals surface area contributed by atoms with Crippen molar-refractivity contribution >= 4 is 38.1 Å². The summed E-state index contributed by atoms with van der Waals surface area (Å²) in [6, 6.07) is 0. The van der Waals surface area contributed by atoms with Gasteiger partial charge >= 0.3 is 32.1 Å². The molecule has 0 heterocycles. The summed E-state index contributed by atoms with van der Waals surface area (Å²) in [5, 5.41) is 17.4. The van der Waals surface area contributed by atoms with Crippen LogP contribution in [0.1, 0.15) is 110 Å². The molecule has 0 radical (unpaired) electrons. The predicted octanol–water partition coefficient (Wildman–Crippen LogP) is 1.87. The second-order valence-electron chi connectivity index (χ2n) is 6.71. The molecule has 0 amide bonds. The number of carbonyl (C=O) groups is 1. The van der Waals surface area contributed by atoms with Gasteiger partial charge in [-0.05, 0) is 12.8 Å². The molecule has 0 fully saturated rings. The van der Waals surface area contributed by atoms with Gasteiger partial charge in [0, 0.05) is 5.97 Å². The first-order valence-electron chi connectivity index (χ1n) is 10.0. The van der Waals surface area contributed by atoms with Gasteiger partial charge in [-0.1, -0.05) is 96.8 Å². The van der Waals surface area contributed by atoms with Crippen molar-refractivity contribution in [3.05, 3.63) is 0 Å². The van der Waals surface area contributed by atoms with Crippen molar-refractivity contribution in [1.82, 2.24) is 0 Å². The fraction of sp³-hybridized carbons (Fsp3) is 0.944. The quantitative estimate of drug-likeness (QED) is 0.142. The van der Waals surface area contributed by atoms with Gasteiger partial charge in [-0.3, -0.25) is 5.26 Å². The summed E-state index contributed by atoms with van der Waals surface area (Å²) >= 11 is 0. The molecule has 9 heteroatoms. The Morgan fingerprint density at radius 3 is 1.26 bits per heavy atom. The maximum atomic E-state index is 10.2. The van der Waals surface area contributed by atoms with Gasteiger partial charge in [0.05, 0.1) is 0 Å². The third kappa shape index (κ3) is 37.6. The number of rotatable bonds is 17. The topological polar surface area (TPSA) is 133 Å². The average molecular weight is 419 g/mol. The first kappa shape index (κ1) is 31.9. The molecular formula is C18H38MgO7Si. The van der Waals surface area contributed by atoms with Crippen molar-refractivity contribution in [2.75, 3.05) is 0 Å². The summed E-state index contributed by atoms with van der Waals surface area (Å²) in [6.45, 7) is 2.27. The first-order valence-corrected chi connectivity index (χ1v) is 11.7. The van der Waals surface area contributed by atoms with Gasteiger partial charge in [0.1, 0.15) is 0 Å². The summed E-state index contributed by atoms with van der Waals surface area (Å²) in [4.78, 5) is 34.5. The monoisotopic (exact) mass is 418 g/mol. The molecule has 0 aliphatic carbocycles. The van der Waals surface area contributed by atoms with E-state index in [-0.39, 0.29) is 29.5 Å². The summed E-state index contributed by atoms with van der Waals surface area (Å²) < 4.78 is 2.63. The molecule has 0 aliphatic heterocycles. The zero-order valence-corrected chi connectivity index (χ0v) is 19.4. The number of carboxylic acids is 1. The number of carbonyl (C=O) groups excluding carboxylic acids is 1. The SMILES string of the molecule is CCCCCCCCCCCCCCCCCC(=O)[O-].[Mg+2].[O-][Si](O)(O)OO. The fourth-order valence-corrected chi connectivity index (χ4v) is 2.64. The zero-order valence-electron chi connectivity index (χ0n) is 17.0. The number of aliphatic carboxylic acids is 1. The van der Waals surface area contributed by atoms with Gasteiger partial charge in [0.25, 0.3) is 0 Å². The third-order valence-electron chi connectivity index (χ3n) is 4.10. The Kier molecular flexibility index (Phi) is 28.7. The van der Waals surface area contributed by atoms with Crippen LogP contribution < -0.4 is 9.90 Å². The van der Waals surface area contributed by atoms with Gasteiger partial charge in [-0.15, -0.1) is 0 Å². The van der Waals surface area contributed by atoms with Gasteiger partial charge in [0.2, 0.25) is 0 Å². The van der Waals surface area contributed by atoms with Crippen LogP contribution in [0.15, 0.2) is 0 Å². The summed E-state index contributed by atoms with van der Waals surface area (Å²) in [7, 11) is -4.83. The average Bonchev–Trinajstić information content (AvgIpc) is 2.58. The number of carboxylic acid groups (broad SMARTS) is 1. The summed E-state index contributed by atoms with van der Waals surface area (Å²) in [5.74, 6) is -0.903. The third-order valence-corrected chi connectivity index (χ3v) is 4.34. The van der Waals surface area contributed by atoms with E-state index in [0.29, 0.717) is 0 Å². The molecule has 7 nitrogen and oxygen atoms in total. The molecule has 0 aromatic carbocycles. The van der Waals surface area contributed by atoms with Crippen molar-refractivity contribution < 1.29 is 34.1 Å². The molecule has 0 saturated heterocycles. The maximum absolute atomic E-state index is 10.2. The van der Waals surface area contributed by atoms with Crippen LogP contribution in [0.5, 0.6) is 0 Å². The van der Waals surface area contributed by atoms with Gasteiger partial charge in [-0.2, -0.15) is 0 Å². The molecule has 27 heavy (non-hydrogen) atoms. The standard InChI is InChI=1S/C18H36O2.Mg.H3O5Si/c1-2-3-4-5-6-7-8-9-10-11-12-13-14-15-16-17-18(19)20;;1-5-6(2,3)4/h2-17H2,1H3,(H,19,20);;1-3H/q;+2;-1/p-1. The minimum Gasteiger partial charge on any atom is -0.792 e. The molecular weight excluding hydrogens is 381 g/mol. The van der Waals surface area contributed by atoms with Crippen LogP contribution in [-0.2, 0) is 9.37 Å². The second-order valence-corrected chi connectivity index (χ2v) is 7.99. The van der Waals surface area contributed by atoms with Crippen molar-refractivity contribution in [3.8, 4) is 0 Å². The van der Waals surface area contributed by atoms with Crippen molar-refractivity contribution in [1.29, 1.82) is 0 Å². The molecule has 0 bridgehead atoms. The predicted molar refractivity (Wildman–Crippen MR) is 104 cm³/mol. The molecule has 3 N–H and O–H groups in total. The van der Waals surface area contributed by atoms with Crippen LogP contribution >= 0.6 is 0 Å². The van der Waals surface area contributed by atoms with E-state index in [2.05, 4.69) is 11.5 Å². The van der Waals surface area contributed by atoms with E-state index in [1.54, 1.807) is 0 Å². The van der Waals surface area contributed by atoms with E-state index in [0.717, 1.165) is 12.8 Å². The Morgan fingerprint density at radius 1 is 0.778 bits per heavy atom. The van der Waals surface area contributed by atoms with Crippen LogP contribution in [-0.4, -0.2) is 52.9 Å². The number of hydrogen-bond acceptors (Lipinski definition) is 7. The van der Waals surface area contributed by atoms with Crippen LogP contribution in [0.4, 0.5) is 0 Å². The van der Waals surface area contributed by atoms with Crippen molar-refractivity contribution in [2.45, 2.75) is 110 Å². The Morgan fingerprint density at radius 2 is 1.04 bits per heavy atom. The van der Waals surface area contributed by atoms with Crippen LogP contribution in [0, 0.1) is 0 Å². The molecule has 0 unspecified atom stereocenters. The molecule has 0 spiro atoms. The normalized spacial score (nSPS) is 10.7. The van der Waals surface area contributed by atoms with Crippen molar-refractivity contribution in [2.24, 2.45) is 0 Å². The van der Waals surface area contributed by atoms with Crippen LogP contribution in [0.25, 0.3) is 0 Å². The van der Waals surface area contributed by atoms with E-state index in [1.165, 1.54) is 83.5 Å². The minimum atomic E-state index is -4.83. The molecule has 0 atom stereocenters. The summed E-state index contributed by atoms with van der Waals surface area (Å²) in [6.07, 6.45) is 19.9. The fourth-order valence-electron chi connectivity index (χ4n) is 2.64. The zero-order chi connectivity index (χ0) is 20.1. The largest absolute Gasteiger partial charge is 2.00 e. The molecule has 0 rings (SSSR count). The number of unbranched alkanes of at least 4 members (excludes halogenated alkanes) is 14. The smallest absolute Gasteiger partial charge is 0.792 e. The van der Waals surface area contributed by atoms with Gasteiger partial charge < -0.3 is 24.3 Å². The Bertz CT molecular complexity index is 302. The number of hydrogen-bond donors (Lipinski definition) is 3. The Labute approximate surface area is 181 Å². The van der Waals surface area contributed by atoms with E-state index in [4.69, 9.17) is 14.8 Å².